The number of nitrogens with one attached hydrogen (secondary N) is 1. The topological polar surface area (TPSA) is 94.3 Å². The van der Waals surface area contributed by atoms with Gasteiger partial charge in [0.25, 0.3) is 10.0 Å². The van der Waals surface area contributed by atoms with Crippen LogP contribution in [0.5, 0.6) is 0 Å². The van der Waals surface area contributed by atoms with E-state index in [0.29, 0.717) is 26.1 Å². The minimum Gasteiger partial charge on any atom is -0.381 e. The van der Waals surface area contributed by atoms with Crippen molar-refractivity contribution in [2.24, 2.45) is 5.73 Å². The quantitative estimate of drug-likeness (QED) is 0.629. The minimum atomic E-state index is -3.54. The lowest BCUT2D eigenvalue weighted by atomic mass is 10.3. The molecule has 0 aliphatic carbocycles. The summed E-state index contributed by atoms with van der Waals surface area (Å²) in [4.78, 5) is 3.90. The first-order valence-electron chi connectivity index (χ1n) is 6.82. The van der Waals surface area contributed by atoms with Crippen LogP contribution in [0.25, 0.3) is 0 Å². The number of sulfonamides is 1. The molecule has 6 nitrogen and oxygen atoms in total. The molecule has 1 rings (SSSR count). The highest BCUT2D eigenvalue weighted by Crippen LogP contribution is 2.06. The zero-order valence-electron chi connectivity index (χ0n) is 11.8. The van der Waals surface area contributed by atoms with Crippen LogP contribution >= 0.6 is 0 Å². The fraction of sp³-hybridized carbons (Fsp3) is 0.615. The second-order valence-corrected chi connectivity index (χ2v) is 6.14. The first-order valence-corrected chi connectivity index (χ1v) is 8.31. The van der Waals surface area contributed by atoms with Crippen LogP contribution in [0.3, 0.4) is 0 Å². The van der Waals surface area contributed by atoms with Crippen LogP contribution in [0.15, 0.2) is 23.4 Å². The molecule has 0 spiro atoms. The summed E-state index contributed by atoms with van der Waals surface area (Å²) in [6, 6.07) is 3.12. The SMILES string of the molecule is CCCCOCCCNS(=O)(=O)c1ccc(CN)cn1. The third kappa shape index (κ3) is 5.96. The van der Waals surface area contributed by atoms with Gasteiger partial charge in [-0.25, -0.2) is 18.1 Å². The van der Waals surface area contributed by atoms with Gasteiger partial charge in [0.1, 0.15) is 0 Å². The number of hydrogen-bond acceptors (Lipinski definition) is 5. The normalized spacial score (nSPS) is 11.7. The minimum absolute atomic E-state index is 0.0154. The molecule has 20 heavy (non-hydrogen) atoms. The summed E-state index contributed by atoms with van der Waals surface area (Å²) < 4.78 is 31.7. The summed E-state index contributed by atoms with van der Waals surface area (Å²) in [5, 5.41) is 0.0154. The molecule has 3 N–H and O–H groups in total. The predicted octanol–water partition coefficient (Wildman–Crippen LogP) is 1.03. The van der Waals surface area contributed by atoms with Crippen molar-refractivity contribution in [2.45, 2.75) is 37.8 Å². The third-order valence-electron chi connectivity index (χ3n) is 2.71. The summed E-state index contributed by atoms with van der Waals surface area (Å²) in [6.07, 6.45) is 4.24. The monoisotopic (exact) mass is 301 g/mol. The molecule has 0 bridgehead atoms. The van der Waals surface area contributed by atoms with Crippen LogP contribution in [0.2, 0.25) is 0 Å². The van der Waals surface area contributed by atoms with E-state index in [-0.39, 0.29) is 5.03 Å². The van der Waals surface area contributed by atoms with Crippen molar-refractivity contribution in [3.05, 3.63) is 23.9 Å². The summed E-state index contributed by atoms with van der Waals surface area (Å²) in [7, 11) is -3.54. The molecule has 0 aromatic carbocycles. The zero-order valence-corrected chi connectivity index (χ0v) is 12.7. The molecule has 0 aliphatic heterocycles. The van der Waals surface area contributed by atoms with Gasteiger partial charge in [-0.2, -0.15) is 0 Å². The Hall–Kier alpha value is -1.02. The molecule has 0 aliphatic rings. The Morgan fingerprint density at radius 1 is 1.30 bits per heavy atom. The fourth-order valence-corrected chi connectivity index (χ4v) is 2.49. The van der Waals surface area contributed by atoms with E-state index in [1.807, 2.05) is 0 Å². The number of nitrogens with two attached hydrogens (primary N) is 1. The van der Waals surface area contributed by atoms with Crippen LogP contribution in [-0.4, -0.2) is 33.2 Å². The van der Waals surface area contributed by atoms with Gasteiger partial charge in [-0.3, -0.25) is 0 Å². The number of pyridine rings is 1. The molecule has 0 unspecified atom stereocenters. The molecule has 0 amide bonds. The van der Waals surface area contributed by atoms with Gasteiger partial charge in [-0.05, 0) is 24.5 Å². The molecular formula is C13H23N3O3S. The lowest BCUT2D eigenvalue weighted by Crippen LogP contribution is -2.26. The average Bonchev–Trinajstić information content (AvgIpc) is 2.46. The number of ether oxygens (including phenoxy) is 1. The van der Waals surface area contributed by atoms with Crippen LogP contribution in [0.4, 0.5) is 0 Å². The maximum atomic E-state index is 11.9. The molecule has 7 heteroatoms. The summed E-state index contributed by atoms with van der Waals surface area (Å²) >= 11 is 0. The molecule has 1 aromatic rings. The van der Waals surface area contributed by atoms with Crippen LogP contribution in [-0.2, 0) is 21.3 Å². The average molecular weight is 301 g/mol. The Morgan fingerprint density at radius 3 is 2.65 bits per heavy atom. The molecule has 0 atom stereocenters. The second-order valence-electron chi connectivity index (χ2n) is 4.43. The van der Waals surface area contributed by atoms with Crippen LogP contribution in [0.1, 0.15) is 31.7 Å². The van der Waals surface area contributed by atoms with Gasteiger partial charge in [0.2, 0.25) is 0 Å². The maximum absolute atomic E-state index is 11.9. The first-order chi connectivity index (χ1) is 9.60. The Bertz CT molecular complexity index is 474. The molecule has 0 saturated heterocycles. The van der Waals surface area contributed by atoms with E-state index >= 15 is 0 Å². The van der Waals surface area contributed by atoms with E-state index < -0.39 is 10.0 Å². The van der Waals surface area contributed by atoms with Gasteiger partial charge >= 0.3 is 0 Å². The smallest absolute Gasteiger partial charge is 0.258 e. The first kappa shape index (κ1) is 17.0. The van der Waals surface area contributed by atoms with Crippen molar-refractivity contribution >= 4 is 10.0 Å². The number of hydrogen-bond donors (Lipinski definition) is 2. The highest BCUT2D eigenvalue weighted by atomic mass is 32.2. The number of nitrogens with zero attached hydrogens (tertiary/aromatic N) is 1. The number of unbranched alkanes of at least 4 members (excludes halogenated alkanes) is 1. The van der Waals surface area contributed by atoms with E-state index in [0.717, 1.165) is 25.0 Å². The van der Waals surface area contributed by atoms with Crippen LogP contribution in [0, 0.1) is 0 Å². The molecular weight excluding hydrogens is 278 g/mol. The summed E-state index contributed by atoms with van der Waals surface area (Å²) in [5.74, 6) is 0. The molecule has 0 fully saturated rings. The van der Waals surface area contributed by atoms with Crippen molar-refractivity contribution in [3.63, 3.8) is 0 Å². The van der Waals surface area contributed by atoms with Gasteiger partial charge in [0.15, 0.2) is 5.03 Å². The van der Waals surface area contributed by atoms with Crippen molar-refractivity contribution in [3.8, 4) is 0 Å². The third-order valence-corrected chi connectivity index (χ3v) is 4.08. The van der Waals surface area contributed by atoms with Crippen molar-refractivity contribution in [1.29, 1.82) is 0 Å². The lowest BCUT2D eigenvalue weighted by molar-refractivity contribution is 0.130. The standard InChI is InChI=1S/C13H23N3O3S/c1-2-3-8-19-9-4-7-16-20(17,18)13-6-5-12(10-14)11-15-13/h5-6,11,16H,2-4,7-10,14H2,1H3. The van der Waals surface area contributed by atoms with Gasteiger partial charge in [-0.1, -0.05) is 19.4 Å². The Kier molecular flexibility index (Phi) is 7.68. The number of rotatable bonds is 10. The summed E-state index contributed by atoms with van der Waals surface area (Å²) in [6.45, 7) is 4.07. The maximum Gasteiger partial charge on any atom is 0.258 e. The van der Waals surface area contributed by atoms with E-state index in [1.165, 1.54) is 12.3 Å². The van der Waals surface area contributed by atoms with Gasteiger partial charge in [0.05, 0.1) is 0 Å². The summed E-state index contributed by atoms with van der Waals surface area (Å²) in [5.41, 5.74) is 6.24. The highest BCUT2D eigenvalue weighted by molar-refractivity contribution is 7.89. The predicted molar refractivity (Wildman–Crippen MR) is 77.7 cm³/mol. The van der Waals surface area contributed by atoms with E-state index in [2.05, 4.69) is 16.6 Å². The molecule has 1 heterocycles. The molecule has 0 radical (unpaired) electrons. The van der Waals surface area contributed by atoms with Gasteiger partial charge < -0.3 is 10.5 Å². The van der Waals surface area contributed by atoms with Crippen molar-refractivity contribution in [1.82, 2.24) is 9.71 Å². The zero-order chi connectivity index (χ0) is 14.8. The van der Waals surface area contributed by atoms with Crippen molar-refractivity contribution < 1.29 is 13.2 Å². The Labute approximate surface area is 120 Å². The van der Waals surface area contributed by atoms with Gasteiger partial charge in [0, 0.05) is 32.5 Å². The van der Waals surface area contributed by atoms with Crippen LogP contribution < -0.4 is 10.5 Å². The molecule has 114 valence electrons. The largest absolute Gasteiger partial charge is 0.381 e. The van der Waals surface area contributed by atoms with Crippen molar-refractivity contribution in [2.75, 3.05) is 19.8 Å². The Morgan fingerprint density at radius 2 is 2.05 bits per heavy atom. The van der Waals surface area contributed by atoms with E-state index in [1.54, 1.807) is 6.07 Å². The highest BCUT2D eigenvalue weighted by Gasteiger charge is 2.14. The van der Waals surface area contributed by atoms with E-state index in [4.69, 9.17) is 10.5 Å². The second kappa shape index (κ2) is 9.02. The fourth-order valence-electron chi connectivity index (χ4n) is 1.49. The number of aromatic nitrogens is 1. The molecule has 0 saturated carbocycles. The van der Waals surface area contributed by atoms with Gasteiger partial charge in [-0.15, -0.1) is 0 Å². The Balaban J connectivity index is 2.33. The lowest BCUT2D eigenvalue weighted by Gasteiger charge is -2.07. The molecule has 1 aromatic heterocycles. The van der Waals surface area contributed by atoms with E-state index in [9.17, 15) is 8.42 Å².